The lowest BCUT2D eigenvalue weighted by Gasteiger charge is -2.24. The lowest BCUT2D eigenvalue weighted by Crippen LogP contribution is -2.39. The van der Waals surface area contributed by atoms with Gasteiger partial charge in [-0.1, -0.05) is 35.6 Å². The molecule has 1 aliphatic rings. The van der Waals surface area contributed by atoms with E-state index in [9.17, 15) is 14.4 Å². The molecule has 0 saturated carbocycles. The smallest absolute Gasteiger partial charge is 0.338 e. The Morgan fingerprint density at radius 2 is 1.78 bits per heavy atom. The van der Waals surface area contributed by atoms with E-state index in [4.69, 9.17) is 18.9 Å². The van der Waals surface area contributed by atoms with E-state index in [1.54, 1.807) is 56.5 Å². The van der Waals surface area contributed by atoms with Crippen molar-refractivity contribution in [2.24, 2.45) is 4.99 Å². The number of thiazole rings is 1. The van der Waals surface area contributed by atoms with Crippen molar-refractivity contribution in [3.05, 3.63) is 84.5 Å². The molecule has 1 aliphatic heterocycles. The lowest BCUT2D eigenvalue weighted by atomic mass is 9.96. The summed E-state index contributed by atoms with van der Waals surface area (Å²) in [6.45, 7) is 3.01. The maximum atomic E-state index is 13.7. The fraction of sp³-hybridized carbons (Fsp3) is 0.231. The molecule has 0 saturated heterocycles. The van der Waals surface area contributed by atoms with Gasteiger partial charge in [0, 0.05) is 12.5 Å². The second-order valence-electron chi connectivity index (χ2n) is 7.82. The molecule has 0 radical (unpaired) electrons. The van der Waals surface area contributed by atoms with Crippen LogP contribution in [0.5, 0.6) is 17.2 Å². The van der Waals surface area contributed by atoms with E-state index in [2.05, 4.69) is 4.99 Å². The molecular weight excluding hydrogens is 484 g/mol. The Labute approximate surface area is 210 Å². The molecule has 2 aromatic carbocycles. The Bertz CT molecular complexity index is 1550. The minimum Gasteiger partial charge on any atom is -0.493 e. The van der Waals surface area contributed by atoms with Crippen molar-refractivity contribution in [3.63, 3.8) is 0 Å². The number of rotatable bonds is 6. The van der Waals surface area contributed by atoms with Crippen molar-refractivity contribution >= 4 is 29.4 Å². The predicted molar refractivity (Wildman–Crippen MR) is 133 cm³/mol. The van der Waals surface area contributed by atoms with Crippen LogP contribution in [0.1, 0.15) is 31.0 Å². The third-order valence-corrected chi connectivity index (χ3v) is 6.59. The van der Waals surface area contributed by atoms with Crippen LogP contribution in [0.4, 0.5) is 0 Å². The van der Waals surface area contributed by atoms with E-state index in [1.807, 2.05) is 6.07 Å². The molecule has 186 valence electrons. The van der Waals surface area contributed by atoms with Crippen LogP contribution in [0.25, 0.3) is 6.08 Å². The first-order valence-corrected chi connectivity index (χ1v) is 11.7. The van der Waals surface area contributed by atoms with Gasteiger partial charge in [-0.05, 0) is 36.8 Å². The van der Waals surface area contributed by atoms with Crippen LogP contribution in [-0.2, 0) is 14.3 Å². The van der Waals surface area contributed by atoms with E-state index < -0.39 is 18.0 Å². The Morgan fingerprint density at radius 1 is 1.06 bits per heavy atom. The number of allylic oxidation sites excluding steroid dienone is 1. The van der Waals surface area contributed by atoms with Gasteiger partial charge in [0.05, 0.1) is 43.2 Å². The number of methoxy groups -OCH3 is 3. The summed E-state index contributed by atoms with van der Waals surface area (Å²) in [6.07, 6.45) is 1.71. The summed E-state index contributed by atoms with van der Waals surface area (Å²) in [5, 5.41) is 0. The zero-order valence-corrected chi connectivity index (χ0v) is 21.2. The van der Waals surface area contributed by atoms with Gasteiger partial charge in [-0.3, -0.25) is 14.2 Å². The average molecular weight is 509 g/mol. The zero-order valence-electron chi connectivity index (χ0n) is 20.4. The molecule has 0 unspecified atom stereocenters. The highest BCUT2D eigenvalue weighted by molar-refractivity contribution is 7.07. The Balaban J connectivity index is 1.93. The number of hydrogen-bond acceptors (Lipinski definition) is 9. The number of esters is 2. The number of nitrogens with zero attached hydrogens (tertiary/aromatic N) is 2. The summed E-state index contributed by atoms with van der Waals surface area (Å²) in [6, 6.07) is 11.2. The van der Waals surface area contributed by atoms with Gasteiger partial charge in [0.25, 0.3) is 5.56 Å². The maximum Gasteiger partial charge on any atom is 0.338 e. The van der Waals surface area contributed by atoms with Crippen molar-refractivity contribution < 1.29 is 28.5 Å². The Hall–Kier alpha value is -4.18. The fourth-order valence-electron chi connectivity index (χ4n) is 4.06. The normalized spacial score (nSPS) is 15.1. The van der Waals surface area contributed by atoms with Crippen LogP contribution in [0.3, 0.4) is 0 Å². The second-order valence-corrected chi connectivity index (χ2v) is 8.83. The quantitative estimate of drug-likeness (QED) is 0.372. The van der Waals surface area contributed by atoms with Crippen LogP contribution in [0, 0.1) is 0 Å². The summed E-state index contributed by atoms with van der Waals surface area (Å²) in [4.78, 5) is 42.8. The van der Waals surface area contributed by atoms with Crippen molar-refractivity contribution in [3.8, 4) is 17.2 Å². The van der Waals surface area contributed by atoms with Crippen LogP contribution < -0.4 is 29.1 Å². The van der Waals surface area contributed by atoms with Gasteiger partial charge in [0.1, 0.15) is 5.75 Å². The first-order chi connectivity index (χ1) is 17.3. The van der Waals surface area contributed by atoms with E-state index in [1.165, 1.54) is 37.0 Å². The first kappa shape index (κ1) is 24.9. The second kappa shape index (κ2) is 10.2. The number of carbonyl (C=O) groups is 2. The van der Waals surface area contributed by atoms with Gasteiger partial charge in [0.15, 0.2) is 16.3 Å². The third kappa shape index (κ3) is 4.55. The van der Waals surface area contributed by atoms with Crippen molar-refractivity contribution in [2.45, 2.75) is 19.9 Å². The van der Waals surface area contributed by atoms with Gasteiger partial charge in [-0.2, -0.15) is 0 Å². The summed E-state index contributed by atoms with van der Waals surface area (Å²) in [7, 11) is 4.35. The first-order valence-electron chi connectivity index (χ1n) is 10.9. The molecule has 0 spiro atoms. The Morgan fingerprint density at radius 3 is 2.39 bits per heavy atom. The predicted octanol–water partition coefficient (Wildman–Crippen LogP) is 2.35. The van der Waals surface area contributed by atoms with Crippen molar-refractivity contribution in [1.29, 1.82) is 0 Å². The van der Waals surface area contributed by atoms with Crippen LogP contribution in [0.15, 0.2) is 63.5 Å². The van der Waals surface area contributed by atoms with Crippen LogP contribution in [0.2, 0.25) is 0 Å². The summed E-state index contributed by atoms with van der Waals surface area (Å²) in [5.74, 6) is 0.344. The monoisotopic (exact) mass is 508 g/mol. The molecule has 0 amide bonds. The molecule has 0 aliphatic carbocycles. The van der Waals surface area contributed by atoms with Gasteiger partial charge < -0.3 is 18.9 Å². The third-order valence-electron chi connectivity index (χ3n) is 5.60. The van der Waals surface area contributed by atoms with Crippen molar-refractivity contribution in [1.82, 2.24) is 4.57 Å². The molecule has 1 aromatic heterocycles. The number of aromatic nitrogens is 1. The fourth-order valence-corrected chi connectivity index (χ4v) is 5.10. The minimum absolute atomic E-state index is 0.246. The van der Waals surface area contributed by atoms with E-state index in [-0.39, 0.29) is 11.1 Å². The topological polar surface area (TPSA) is 105 Å². The SMILES string of the molecule is COC(=O)C1=C(C)N=c2s/c(=C\c3cccc(OC)c3OC)c(=O)n2[C@H]1c1ccc(OC(C)=O)cc1. The van der Waals surface area contributed by atoms with Gasteiger partial charge in [0.2, 0.25) is 0 Å². The average Bonchev–Trinajstić information content (AvgIpc) is 3.16. The highest BCUT2D eigenvalue weighted by atomic mass is 32.1. The van der Waals surface area contributed by atoms with Gasteiger partial charge in [-0.15, -0.1) is 0 Å². The molecule has 0 bridgehead atoms. The lowest BCUT2D eigenvalue weighted by molar-refractivity contribution is -0.136. The maximum absolute atomic E-state index is 13.7. The van der Waals surface area contributed by atoms with Crippen molar-refractivity contribution in [2.75, 3.05) is 21.3 Å². The number of hydrogen-bond donors (Lipinski definition) is 0. The molecule has 4 rings (SSSR count). The van der Waals surface area contributed by atoms with E-state index in [0.717, 1.165) is 0 Å². The molecular formula is C26H24N2O7S. The zero-order chi connectivity index (χ0) is 26.0. The number of carbonyl (C=O) groups excluding carboxylic acids is 2. The number of ether oxygens (including phenoxy) is 4. The van der Waals surface area contributed by atoms with Crippen LogP contribution >= 0.6 is 11.3 Å². The van der Waals surface area contributed by atoms with Gasteiger partial charge in [-0.25, -0.2) is 9.79 Å². The summed E-state index contributed by atoms with van der Waals surface area (Å²) in [5.41, 5.74) is 1.66. The number of benzene rings is 2. The molecule has 1 atom stereocenters. The van der Waals surface area contributed by atoms with Crippen LogP contribution in [-0.4, -0.2) is 37.8 Å². The number of fused-ring (bicyclic) bond motifs is 1. The van der Waals surface area contributed by atoms with E-state index in [0.29, 0.717) is 43.4 Å². The molecule has 10 heteroatoms. The molecule has 3 aromatic rings. The largest absolute Gasteiger partial charge is 0.493 e. The van der Waals surface area contributed by atoms with E-state index >= 15 is 0 Å². The standard InChI is InChI=1S/C26H24N2O7S/c1-14-21(25(31)34-5)22(16-9-11-18(12-10-16)35-15(2)29)28-24(30)20(36-26(28)27-14)13-17-7-6-8-19(32-3)23(17)33-4/h6-13,22H,1-5H3/b20-13-/t22-/m0/s1. The summed E-state index contributed by atoms with van der Waals surface area (Å²) >= 11 is 1.20. The highest BCUT2D eigenvalue weighted by Crippen LogP contribution is 2.32. The molecule has 0 N–H and O–H groups in total. The number of para-hydroxylation sites is 1. The highest BCUT2D eigenvalue weighted by Gasteiger charge is 2.33. The Kier molecular flexibility index (Phi) is 7.07. The van der Waals surface area contributed by atoms with Gasteiger partial charge >= 0.3 is 11.9 Å². The molecule has 9 nitrogen and oxygen atoms in total. The molecule has 36 heavy (non-hydrogen) atoms. The molecule has 0 fully saturated rings. The minimum atomic E-state index is -0.783. The molecule has 2 heterocycles. The summed E-state index contributed by atoms with van der Waals surface area (Å²) < 4.78 is 22.9.